The summed E-state index contributed by atoms with van der Waals surface area (Å²) < 4.78 is 68.7. The number of phosphoric ester groups is 2. The van der Waals surface area contributed by atoms with Crippen molar-refractivity contribution in [3.8, 4) is 0 Å². The van der Waals surface area contributed by atoms with Gasteiger partial charge in [-0.1, -0.05) is 349 Å². The Hall–Kier alpha value is -2.46. The van der Waals surface area contributed by atoms with E-state index in [2.05, 4.69) is 72.8 Å². The number of hydrogen-bond acceptors (Lipinski definition) is 15. The Balaban J connectivity index is 5.24. The molecular weight excluding hydrogens is 1320 g/mol. The molecule has 0 bridgehead atoms. The van der Waals surface area contributed by atoms with Crippen LogP contribution in [0.4, 0.5) is 0 Å². The molecule has 0 aliphatic carbocycles. The van der Waals surface area contributed by atoms with Crippen molar-refractivity contribution in [3.63, 3.8) is 0 Å². The molecule has 0 aliphatic rings. The van der Waals surface area contributed by atoms with Crippen LogP contribution >= 0.6 is 15.6 Å². The van der Waals surface area contributed by atoms with E-state index in [1.807, 2.05) is 0 Å². The summed E-state index contributed by atoms with van der Waals surface area (Å²) >= 11 is 0. The van der Waals surface area contributed by atoms with Gasteiger partial charge in [0.25, 0.3) is 0 Å². The van der Waals surface area contributed by atoms with Crippen LogP contribution < -0.4 is 0 Å². The lowest BCUT2D eigenvalue weighted by molar-refractivity contribution is -0.161. The van der Waals surface area contributed by atoms with Gasteiger partial charge in [0.05, 0.1) is 26.4 Å². The molecule has 19 heteroatoms. The number of aliphatic hydroxyl groups is 1. The fourth-order valence-electron chi connectivity index (χ4n) is 12.1. The summed E-state index contributed by atoms with van der Waals surface area (Å²) in [5.41, 5.74) is 0. The van der Waals surface area contributed by atoms with Crippen molar-refractivity contribution < 1.29 is 80.2 Å². The summed E-state index contributed by atoms with van der Waals surface area (Å²) in [6.45, 7) is 11.9. The molecule has 0 spiro atoms. The first kappa shape index (κ1) is 98.5. The quantitative estimate of drug-likeness (QED) is 0.0169. The highest BCUT2D eigenvalue weighted by atomic mass is 31.2. The van der Waals surface area contributed by atoms with Gasteiger partial charge < -0.3 is 33.8 Å². The fourth-order valence-corrected chi connectivity index (χ4v) is 13.7. The smallest absolute Gasteiger partial charge is 0.462 e. The van der Waals surface area contributed by atoms with Gasteiger partial charge in [-0.25, -0.2) is 9.13 Å². The molecule has 0 rings (SSSR count). The van der Waals surface area contributed by atoms with E-state index in [-0.39, 0.29) is 25.7 Å². The third-order valence-electron chi connectivity index (χ3n) is 18.9. The lowest BCUT2D eigenvalue weighted by atomic mass is 10.00. The number of ether oxygens (including phenoxy) is 4. The fraction of sp³-hybridized carbons (Fsp3) is 0.902. The van der Waals surface area contributed by atoms with E-state index in [9.17, 15) is 43.2 Å². The molecule has 0 aromatic heterocycles. The van der Waals surface area contributed by atoms with Gasteiger partial charge in [0.2, 0.25) is 0 Å². The molecule has 101 heavy (non-hydrogen) atoms. The summed E-state index contributed by atoms with van der Waals surface area (Å²) in [5, 5.41) is 10.6. The second kappa shape index (κ2) is 71.8. The lowest BCUT2D eigenvalue weighted by Gasteiger charge is -2.21. The molecule has 0 aromatic rings. The molecule has 0 radical (unpaired) electrons. The SMILES string of the molecule is CCCCCC/C=C\C=C/CCCCCCCC(=O)OC[C@H](COP(=O)(O)OC[C@@H](O)COP(=O)(O)OC[C@@H](COC(=O)CCCCCCCCC(C)CC)OC(=O)CCCCCCCCCCCCCCCCCCCCC(C)C)OC(=O)CCCCCCCCCCCCCCC(C)C. The van der Waals surface area contributed by atoms with Gasteiger partial charge >= 0.3 is 39.5 Å². The second-order valence-electron chi connectivity index (χ2n) is 30.0. The Morgan fingerprint density at radius 2 is 0.584 bits per heavy atom. The van der Waals surface area contributed by atoms with Crippen LogP contribution in [0.25, 0.3) is 0 Å². The van der Waals surface area contributed by atoms with Crippen LogP contribution in [0, 0.1) is 17.8 Å². The van der Waals surface area contributed by atoms with E-state index < -0.39 is 97.5 Å². The minimum atomic E-state index is -4.97. The molecule has 3 N–H and O–H groups in total. The van der Waals surface area contributed by atoms with Crippen molar-refractivity contribution in [1.29, 1.82) is 0 Å². The summed E-state index contributed by atoms with van der Waals surface area (Å²) in [6, 6.07) is 0. The molecule has 6 atom stereocenters. The number of carbonyl (C=O) groups is 4. The molecule has 0 saturated heterocycles. The Morgan fingerprint density at radius 3 is 0.881 bits per heavy atom. The molecule has 17 nitrogen and oxygen atoms in total. The average molecular weight is 1480 g/mol. The molecule has 596 valence electrons. The Morgan fingerprint density at radius 1 is 0.327 bits per heavy atom. The van der Waals surface area contributed by atoms with Gasteiger partial charge in [0, 0.05) is 25.7 Å². The summed E-state index contributed by atoms with van der Waals surface area (Å²) in [5.74, 6) is 0.181. The predicted molar refractivity (Wildman–Crippen MR) is 414 cm³/mol. The van der Waals surface area contributed by atoms with Crippen LogP contribution in [0.2, 0.25) is 0 Å². The molecular formula is C82H156O17P2. The van der Waals surface area contributed by atoms with Crippen molar-refractivity contribution in [1.82, 2.24) is 0 Å². The van der Waals surface area contributed by atoms with Gasteiger partial charge in [0.1, 0.15) is 19.3 Å². The second-order valence-corrected chi connectivity index (χ2v) is 32.9. The summed E-state index contributed by atoms with van der Waals surface area (Å²) in [4.78, 5) is 73.0. The molecule has 0 fully saturated rings. The van der Waals surface area contributed by atoms with E-state index in [4.69, 9.17) is 37.0 Å². The van der Waals surface area contributed by atoms with Crippen molar-refractivity contribution >= 4 is 39.5 Å². The van der Waals surface area contributed by atoms with Crippen LogP contribution in [0.1, 0.15) is 402 Å². The monoisotopic (exact) mass is 1480 g/mol. The molecule has 3 unspecified atom stereocenters. The summed E-state index contributed by atoms with van der Waals surface area (Å²) in [7, 11) is -9.93. The predicted octanol–water partition coefficient (Wildman–Crippen LogP) is 24.1. The Labute approximate surface area is 618 Å². The molecule has 0 heterocycles. The summed E-state index contributed by atoms with van der Waals surface area (Å²) in [6.07, 6.45) is 63.3. The zero-order valence-corrected chi connectivity index (χ0v) is 67.6. The van der Waals surface area contributed by atoms with Gasteiger partial charge in [-0.15, -0.1) is 0 Å². The normalized spacial score (nSPS) is 14.4. The highest BCUT2D eigenvalue weighted by molar-refractivity contribution is 7.47. The van der Waals surface area contributed by atoms with Crippen LogP contribution in [-0.4, -0.2) is 96.7 Å². The number of phosphoric acid groups is 2. The first-order chi connectivity index (χ1) is 48.8. The van der Waals surface area contributed by atoms with Crippen molar-refractivity contribution in [3.05, 3.63) is 24.3 Å². The molecule has 0 amide bonds. The first-order valence-corrected chi connectivity index (χ1v) is 44.7. The maximum Gasteiger partial charge on any atom is 0.472 e. The van der Waals surface area contributed by atoms with E-state index >= 15 is 0 Å². The van der Waals surface area contributed by atoms with Crippen LogP contribution in [0.5, 0.6) is 0 Å². The minimum absolute atomic E-state index is 0.0998. The number of unbranched alkanes of at least 4 members (excludes halogenated alkanes) is 42. The number of esters is 4. The van der Waals surface area contributed by atoms with E-state index in [1.54, 1.807) is 0 Å². The van der Waals surface area contributed by atoms with Crippen molar-refractivity contribution in [2.75, 3.05) is 39.6 Å². The number of carbonyl (C=O) groups excluding carboxylic acids is 4. The average Bonchev–Trinajstić information content (AvgIpc) is 0.924. The maximum atomic E-state index is 13.1. The molecule has 0 aliphatic heterocycles. The highest BCUT2D eigenvalue weighted by Crippen LogP contribution is 2.45. The number of rotatable bonds is 78. The number of hydrogen-bond donors (Lipinski definition) is 3. The highest BCUT2D eigenvalue weighted by Gasteiger charge is 2.30. The van der Waals surface area contributed by atoms with Gasteiger partial charge in [-0.3, -0.25) is 37.3 Å². The van der Waals surface area contributed by atoms with Crippen LogP contribution in [0.3, 0.4) is 0 Å². The molecule has 0 aromatic carbocycles. The maximum absolute atomic E-state index is 13.1. The van der Waals surface area contributed by atoms with Crippen molar-refractivity contribution in [2.24, 2.45) is 17.8 Å². The third-order valence-corrected chi connectivity index (χ3v) is 20.8. The van der Waals surface area contributed by atoms with Crippen LogP contribution in [0.15, 0.2) is 24.3 Å². The number of aliphatic hydroxyl groups excluding tert-OH is 1. The first-order valence-electron chi connectivity index (χ1n) is 41.7. The largest absolute Gasteiger partial charge is 0.472 e. The van der Waals surface area contributed by atoms with Gasteiger partial charge in [-0.05, 0) is 69.1 Å². The Kier molecular flexibility index (Phi) is 70.0. The van der Waals surface area contributed by atoms with E-state index in [1.165, 1.54) is 186 Å². The Bertz CT molecular complexity index is 2050. The third kappa shape index (κ3) is 74.2. The van der Waals surface area contributed by atoms with Crippen molar-refractivity contribution in [2.45, 2.75) is 420 Å². The standard InChI is InChI=1S/C82H156O17P2/c1-8-10-11-12-13-14-15-16-21-25-31-36-41-49-56-63-79(84)92-69-77(98-81(86)66-59-52-43-38-33-28-27-30-35-40-47-54-61-74(5)6)71-96-100(88,89)94-67-76(83)68-95-101(90,91)97-72-78(70-93-80(85)64-57-50-45-44-48-55-62-75(7)9-2)99-82(87)65-58-51-42-37-32-26-23-20-18-17-19-22-24-29-34-39-46-53-60-73(3)4/h14-16,21,73-78,83H,8-13,17-20,22-72H2,1-7H3,(H,88,89)(H,90,91)/b15-14-,21-16-/t75?,76-,77-,78-/m1/s1. The van der Waals surface area contributed by atoms with Gasteiger partial charge in [0.15, 0.2) is 12.2 Å². The van der Waals surface area contributed by atoms with E-state index in [0.29, 0.717) is 25.7 Å². The topological polar surface area (TPSA) is 237 Å². The van der Waals surface area contributed by atoms with Gasteiger partial charge in [-0.2, -0.15) is 0 Å². The number of allylic oxidation sites excluding steroid dienone is 4. The zero-order chi connectivity index (χ0) is 74.4. The zero-order valence-electron chi connectivity index (χ0n) is 65.9. The lowest BCUT2D eigenvalue weighted by Crippen LogP contribution is -2.30. The van der Waals surface area contributed by atoms with Crippen LogP contribution in [-0.2, 0) is 65.4 Å². The van der Waals surface area contributed by atoms with E-state index in [0.717, 1.165) is 133 Å². The molecule has 0 saturated carbocycles. The minimum Gasteiger partial charge on any atom is -0.462 e.